The molecule has 2 aromatic rings. The molecule has 2 heterocycles. The minimum absolute atomic E-state index is 0.0494. The molecule has 0 aliphatic carbocycles. The number of amides is 1. The fourth-order valence-corrected chi connectivity index (χ4v) is 5.37. The highest BCUT2D eigenvalue weighted by Crippen LogP contribution is 2.29. The standard InChI is InChI=1S/C20H24ClN3O5S/c1-4-29-20(26)18-11-14(12-23(18)3)30(27,28)24-10-6-9-17(24)19(25)22-16-8-5-7-15(21)13(16)2/h5,7-8,11-12,17H,4,6,9-10H2,1-3H3,(H,22,25)/t17-/m1/s1. The molecule has 1 N–H and O–H groups in total. The van der Waals surface area contributed by atoms with E-state index in [1.54, 1.807) is 39.1 Å². The largest absolute Gasteiger partial charge is 0.461 e. The van der Waals surface area contributed by atoms with Gasteiger partial charge in [0.25, 0.3) is 0 Å². The van der Waals surface area contributed by atoms with Crippen LogP contribution in [-0.4, -0.2) is 48.4 Å². The minimum atomic E-state index is -3.98. The molecule has 0 saturated carbocycles. The highest BCUT2D eigenvalue weighted by Gasteiger charge is 2.40. The van der Waals surface area contributed by atoms with Gasteiger partial charge in [0.05, 0.1) is 6.61 Å². The van der Waals surface area contributed by atoms with Crippen molar-refractivity contribution in [3.63, 3.8) is 0 Å². The zero-order valence-corrected chi connectivity index (χ0v) is 18.6. The first kappa shape index (κ1) is 22.3. The number of benzene rings is 1. The number of nitrogens with one attached hydrogen (secondary N) is 1. The van der Waals surface area contributed by atoms with Gasteiger partial charge in [0.1, 0.15) is 16.6 Å². The van der Waals surface area contributed by atoms with Crippen LogP contribution >= 0.6 is 11.6 Å². The van der Waals surface area contributed by atoms with Gasteiger partial charge < -0.3 is 14.6 Å². The summed E-state index contributed by atoms with van der Waals surface area (Å²) in [6.07, 6.45) is 2.32. The molecule has 0 bridgehead atoms. The third-order valence-corrected chi connectivity index (χ3v) is 7.39. The molecule has 162 valence electrons. The van der Waals surface area contributed by atoms with Crippen LogP contribution in [-0.2, 0) is 26.6 Å². The maximum atomic E-state index is 13.2. The lowest BCUT2D eigenvalue weighted by Gasteiger charge is -2.23. The predicted molar refractivity (Wildman–Crippen MR) is 113 cm³/mol. The van der Waals surface area contributed by atoms with Gasteiger partial charge in [0, 0.05) is 30.5 Å². The lowest BCUT2D eigenvalue weighted by molar-refractivity contribution is -0.119. The molecule has 0 spiro atoms. The number of anilines is 1. The Kier molecular flexibility index (Phi) is 6.54. The van der Waals surface area contributed by atoms with Crippen molar-refractivity contribution in [2.45, 2.75) is 37.6 Å². The summed E-state index contributed by atoms with van der Waals surface area (Å²) < 4.78 is 34.0. The van der Waals surface area contributed by atoms with Crippen LogP contribution in [0.25, 0.3) is 0 Å². The number of hydrogen-bond donors (Lipinski definition) is 1. The average molecular weight is 454 g/mol. The van der Waals surface area contributed by atoms with Crippen molar-refractivity contribution in [3.05, 3.63) is 46.7 Å². The topological polar surface area (TPSA) is 97.7 Å². The number of aryl methyl sites for hydroxylation is 1. The molecule has 1 fully saturated rings. The van der Waals surface area contributed by atoms with Crippen LogP contribution < -0.4 is 5.32 Å². The summed E-state index contributed by atoms with van der Waals surface area (Å²) in [4.78, 5) is 24.9. The maximum Gasteiger partial charge on any atom is 0.354 e. The highest BCUT2D eigenvalue weighted by atomic mass is 35.5. The summed E-state index contributed by atoms with van der Waals surface area (Å²) in [5.74, 6) is -1.02. The Balaban J connectivity index is 1.85. The van der Waals surface area contributed by atoms with Gasteiger partial charge in [-0.1, -0.05) is 17.7 Å². The van der Waals surface area contributed by atoms with E-state index in [0.29, 0.717) is 29.1 Å². The zero-order chi connectivity index (χ0) is 22.1. The van der Waals surface area contributed by atoms with E-state index in [1.807, 2.05) is 0 Å². The molecular formula is C20H24ClN3O5S. The lowest BCUT2D eigenvalue weighted by Crippen LogP contribution is -2.43. The van der Waals surface area contributed by atoms with Gasteiger partial charge in [-0.05, 0) is 50.5 Å². The van der Waals surface area contributed by atoms with Gasteiger partial charge in [0.15, 0.2) is 0 Å². The smallest absolute Gasteiger partial charge is 0.354 e. The van der Waals surface area contributed by atoms with Crippen molar-refractivity contribution < 1.29 is 22.7 Å². The first-order chi connectivity index (χ1) is 14.2. The first-order valence-electron chi connectivity index (χ1n) is 9.58. The van der Waals surface area contributed by atoms with Crippen LogP contribution in [0.15, 0.2) is 35.4 Å². The Morgan fingerprint density at radius 2 is 2.07 bits per heavy atom. The Labute approximate surface area is 180 Å². The van der Waals surface area contributed by atoms with Crippen molar-refractivity contribution in [1.29, 1.82) is 0 Å². The number of hydrogen-bond acceptors (Lipinski definition) is 5. The number of ether oxygens (including phenoxy) is 1. The Morgan fingerprint density at radius 1 is 1.33 bits per heavy atom. The number of sulfonamides is 1. The number of esters is 1. The van der Waals surface area contributed by atoms with Crippen LogP contribution in [0.4, 0.5) is 5.69 Å². The van der Waals surface area contributed by atoms with Gasteiger partial charge in [-0.25, -0.2) is 13.2 Å². The van der Waals surface area contributed by atoms with E-state index >= 15 is 0 Å². The summed E-state index contributed by atoms with van der Waals surface area (Å²) in [5.41, 5.74) is 1.38. The number of carbonyl (C=O) groups excluding carboxylic acids is 2. The van der Waals surface area contributed by atoms with Gasteiger partial charge in [0.2, 0.25) is 15.9 Å². The number of carbonyl (C=O) groups is 2. The molecule has 8 nitrogen and oxygen atoms in total. The van der Waals surface area contributed by atoms with Crippen LogP contribution in [0, 0.1) is 6.92 Å². The molecule has 30 heavy (non-hydrogen) atoms. The summed E-state index contributed by atoms with van der Waals surface area (Å²) in [7, 11) is -2.40. The Morgan fingerprint density at radius 3 is 2.77 bits per heavy atom. The minimum Gasteiger partial charge on any atom is -0.461 e. The Hall–Kier alpha value is -2.36. The van der Waals surface area contributed by atoms with Crippen molar-refractivity contribution in [3.8, 4) is 0 Å². The van der Waals surface area contributed by atoms with Crippen LogP contribution in [0.5, 0.6) is 0 Å². The van der Waals surface area contributed by atoms with Crippen LogP contribution in [0.1, 0.15) is 35.8 Å². The summed E-state index contributed by atoms with van der Waals surface area (Å²) >= 11 is 6.11. The van der Waals surface area contributed by atoms with Crippen molar-refractivity contribution >= 4 is 39.2 Å². The third-order valence-electron chi connectivity index (χ3n) is 5.10. The van der Waals surface area contributed by atoms with E-state index in [4.69, 9.17) is 16.3 Å². The molecule has 1 saturated heterocycles. The number of aromatic nitrogens is 1. The fraction of sp³-hybridized carbons (Fsp3) is 0.400. The monoisotopic (exact) mass is 453 g/mol. The number of halogens is 1. The van der Waals surface area contributed by atoms with Crippen LogP contribution in [0.3, 0.4) is 0 Å². The summed E-state index contributed by atoms with van der Waals surface area (Å²) in [6.45, 7) is 3.86. The van der Waals surface area contributed by atoms with E-state index in [1.165, 1.54) is 21.1 Å². The molecular weight excluding hydrogens is 430 g/mol. The van der Waals surface area contributed by atoms with E-state index in [9.17, 15) is 18.0 Å². The van der Waals surface area contributed by atoms with Gasteiger partial charge in [-0.15, -0.1) is 0 Å². The van der Waals surface area contributed by atoms with E-state index in [2.05, 4.69) is 5.32 Å². The molecule has 1 aromatic heterocycles. The zero-order valence-electron chi connectivity index (χ0n) is 17.0. The maximum absolute atomic E-state index is 13.2. The molecule has 3 rings (SSSR count). The van der Waals surface area contributed by atoms with Crippen molar-refractivity contribution in [2.24, 2.45) is 7.05 Å². The molecule has 1 atom stereocenters. The SMILES string of the molecule is CCOC(=O)c1cc(S(=O)(=O)N2CCC[C@@H]2C(=O)Nc2cccc(Cl)c2C)cn1C. The van der Waals surface area contributed by atoms with Crippen molar-refractivity contribution in [2.75, 3.05) is 18.5 Å². The fourth-order valence-electron chi connectivity index (χ4n) is 3.47. The van der Waals surface area contributed by atoms with Crippen molar-refractivity contribution in [1.82, 2.24) is 8.87 Å². The predicted octanol–water partition coefficient (Wildman–Crippen LogP) is 2.96. The quantitative estimate of drug-likeness (QED) is 0.678. The Bertz CT molecular complexity index is 1080. The molecule has 0 radical (unpaired) electrons. The van der Waals surface area contributed by atoms with Gasteiger partial charge in [-0.3, -0.25) is 4.79 Å². The molecule has 1 aliphatic heterocycles. The molecule has 10 heteroatoms. The first-order valence-corrected chi connectivity index (χ1v) is 11.4. The van der Waals surface area contributed by atoms with Gasteiger partial charge in [-0.2, -0.15) is 4.31 Å². The normalized spacial score (nSPS) is 17.1. The summed E-state index contributed by atoms with van der Waals surface area (Å²) in [5, 5.41) is 3.30. The second kappa shape index (κ2) is 8.79. The van der Waals surface area contributed by atoms with E-state index in [0.717, 1.165) is 0 Å². The molecule has 0 unspecified atom stereocenters. The number of nitrogens with zero attached hydrogens (tertiary/aromatic N) is 2. The van der Waals surface area contributed by atoms with E-state index < -0.39 is 27.9 Å². The average Bonchev–Trinajstić information content (AvgIpc) is 3.33. The van der Waals surface area contributed by atoms with E-state index in [-0.39, 0.29) is 23.7 Å². The second-order valence-corrected chi connectivity index (χ2v) is 9.37. The lowest BCUT2D eigenvalue weighted by atomic mass is 10.1. The third kappa shape index (κ3) is 4.23. The number of rotatable bonds is 6. The highest BCUT2D eigenvalue weighted by molar-refractivity contribution is 7.89. The molecule has 1 aromatic carbocycles. The van der Waals surface area contributed by atoms with Crippen LogP contribution in [0.2, 0.25) is 5.02 Å². The second-order valence-electron chi connectivity index (χ2n) is 7.07. The van der Waals surface area contributed by atoms with Gasteiger partial charge >= 0.3 is 5.97 Å². The summed E-state index contributed by atoms with van der Waals surface area (Å²) in [6, 6.07) is 5.58. The molecule has 1 aliphatic rings. The molecule has 1 amide bonds.